The van der Waals surface area contributed by atoms with Crippen LogP contribution in [0.4, 0.5) is 5.69 Å². The number of anilines is 1. The zero-order valence-corrected chi connectivity index (χ0v) is 12.8. The fourth-order valence-electron chi connectivity index (χ4n) is 2.68. The molecule has 1 heterocycles. The zero-order chi connectivity index (χ0) is 15.4. The van der Waals surface area contributed by atoms with E-state index in [4.69, 9.17) is 4.74 Å². The van der Waals surface area contributed by atoms with Gasteiger partial charge in [-0.15, -0.1) is 0 Å². The van der Waals surface area contributed by atoms with E-state index in [2.05, 4.69) is 5.32 Å². The van der Waals surface area contributed by atoms with Crippen molar-refractivity contribution < 1.29 is 14.3 Å². The van der Waals surface area contributed by atoms with E-state index in [1.165, 1.54) is 0 Å². The molecular weight excluding hydrogens is 268 g/mol. The number of ether oxygens (including phenoxy) is 1. The van der Waals surface area contributed by atoms with E-state index < -0.39 is 12.1 Å². The number of benzene rings is 1. The first-order chi connectivity index (χ1) is 10.1. The Labute approximate surface area is 125 Å². The van der Waals surface area contributed by atoms with Crippen LogP contribution in [0, 0.1) is 0 Å². The first-order valence-electron chi connectivity index (χ1n) is 7.33. The molecule has 1 aromatic rings. The van der Waals surface area contributed by atoms with Gasteiger partial charge in [0.1, 0.15) is 12.1 Å². The quantitative estimate of drug-likeness (QED) is 0.900. The summed E-state index contributed by atoms with van der Waals surface area (Å²) in [7, 11) is 1.63. The van der Waals surface area contributed by atoms with E-state index in [1.54, 1.807) is 12.0 Å². The van der Waals surface area contributed by atoms with Crippen LogP contribution in [0.3, 0.4) is 0 Å². The van der Waals surface area contributed by atoms with Crippen molar-refractivity contribution in [1.29, 1.82) is 0 Å². The molecule has 1 saturated heterocycles. The number of hydrogen-bond acceptors (Lipinski definition) is 3. The molecule has 1 aromatic carbocycles. The average Bonchev–Trinajstić information content (AvgIpc) is 2.49. The lowest BCUT2D eigenvalue weighted by molar-refractivity contribution is -0.134. The van der Waals surface area contributed by atoms with Crippen LogP contribution < -0.4 is 10.2 Å². The summed E-state index contributed by atoms with van der Waals surface area (Å²) in [6.07, 6.45) is 1.18. The first kappa shape index (κ1) is 15.5. The molecule has 0 bridgehead atoms. The standard InChI is InChI=1S/C16H22N2O3/c1-4-13-16(20)18(14(5-2)15(19)17-13)12-8-6-7-11(9-12)10-21-3/h6-9,13-14H,4-5,10H2,1-3H3,(H,17,19). The fourth-order valence-corrected chi connectivity index (χ4v) is 2.68. The summed E-state index contributed by atoms with van der Waals surface area (Å²) in [5, 5.41) is 2.80. The molecule has 0 radical (unpaired) electrons. The van der Waals surface area contributed by atoms with Crippen molar-refractivity contribution in [2.24, 2.45) is 0 Å². The van der Waals surface area contributed by atoms with Gasteiger partial charge >= 0.3 is 0 Å². The van der Waals surface area contributed by atoms with Gasteiger partial charge in [0, 0.05) is 12.8 Å². The van der Waals surface area contributed by atoms with Gasteiger partial charge in [0.2, 0.25) is 11.8 Å². The van der Waals surface area contributed by atoms with Crippen LogP contribution >= 0.6 is 0 Å². The molecule has 0 aliphatic carbocycles. The summed E-state index contributed by atoms with van der Waals surface area (Å²) >= 11 is 0. The number of carbonyl (C=O) groups excluding carboxylic acids is 2. The Bertz CT molecular complexity index is 530. The van der Waals surface area contributed by atoms with E-state index in [9.17, 15) is 9.59 Å². The van der Waals surface area contributed by atoms with E-state index in [1.807, 2.05) is 38.1 Å². The van der Waals surface area contributed by atoms with Crippen molar-refractivity contribution in [3.05, 3.63) is 29.8 Å². The Balaban J connectivity index is 2.38. The average molecular weight is 290 g/mol. The Kier molecular flexibility index (Phi) is 4.96. The lowest BCUT2D eigenvalue weighted by atomic mass is 10.0. The summed E-state index contributed by atoms with van der Waals surface area (Å²) in [6.45, 7) is 4.29. The summed E-state index contributed by atoms with van der Waals surface area (Å²) in [6, 6.07) is 6.72. The van der Waals surface area contributed by atoms with Crippen molar-refractivity contribution in [2.45, 2.75) is 45.4 Å². The summed E-state index contributed by atoms with van der Waals surface area (Å²) in [5.74, 6) is -0.125. The number of nitrogens with one attached hydrogen (secondary N) is 1. The van der Waals surface area contributed by atoms with Crippen LogP contribution in [0.2, 0.25) is 0 Å². The smallest absolute Gasteiger partial charge is 0.250 e. The van der Waals surface area contributed by atoms with E-state index in [-0.39, 0.29) is 11.8 Å². The predicted molar refractivity (Wildman–Crippen MR) is 80.9 cm³/mol. The molecule has 1 aliphatic heterocycles. The highest BCUT2D eigenvalue weighted by Gasteiger charge is 2.39. The third kappa shape index (κ3) is 3.08. The lowest BCUT2D eigenvalue weighted by Crippen LogP contribution is -2.63. The van der Waals surface area contributed by atoms with Gasteiger partial charge in [0.05, 0.1) is 6.61 Å². The number of methoxy groups -OCH3 is 1. The molecule has 1 N–H and O–H groups in total. The maximum absolute atomic E-state index is 12.6. The number of rotatable bonds is 5. The zero-order valence-electron chi connectivity index (χ0n) is 12.8. The molecule has 2 unspecified atom stereocenters. The fraction of sp³-hybridized carbons (Fsp3) is 0.500. The Hall–Kier alpha value is -1.88. The third-order valence-corrected chi connectivity index (χ3v) is 3.76. The predicted octanol–water partition coefficient (Wildman–Crippen LogP) is 1.85. The molecule has 2 amide bonds. The molecule has 21 heavy (non-hydrogen) atoms. The second-order valence-electron chi connectivity index (χ2n) is 5.20. The Morgan fingerprint density at radius 2 is 2.00 bits per heavy atom. The first-order valence-corrected chi connectivity index (χ1v) is 7.33. The van der Waals surface area contributed by atoms with E-state index >= 15 is 0 Å². The van der Waals surface area contributed by atoms with Gasteiger partial charge in [-0.1, -0.05) is 26.0 Å². The molecule has 2 atom stereocenters. The molecule has 0 spiro atoms. The highest BCUT2D eigenvalue weighted by molar-refractivity contribution is 6.08. The van der Waals surface area contributed by atoms with Gasteiger partial charge in [0.25, 0.3) is 0 Å². The minimum absolute atomic E-state index is 0.0430. The van der Waals surface area contributed by atoms with Crippen molar-refractivity contribution in [3.8, 4) is 0 Å². The molecule has 1 fully saturated rings. The van der Waals surface area contributed by atoms with Gasteiger partial charge in [-0.25, -0.2) is 0 Å². The molecule has 5 nitrogen and oxygen atoms in total. The minimum Gasteiger partial charge on any atom is -0.380 e. The van der Waals surface area contributed by atoms with Crippen molar-refractivity contribution in [3.63, 3.8) is 0 Å². The van der Waals surface area contributed by atoms with E-state index in [0.29, 0.717) is 19.4 Å². The topological polar surface area (TPSA) is 58.6 Å². The SMILES string of the molecule is CCC1NC(=O)C(CC)N(c2cccc(COC)c2)C1=O. The summed E-state index contributed by atoms with van der Waals surface area (Å²) < 4.78 is 5.13. The van der Waals surface area contributed by atoms with Crippen LogP contribution in [-0.2, 0) is 20.9 Å². The van der Waals surface area contributed by atoms with Gasteiger partial charge in [0.15, 0.2) is 0 Å². The van der Waals surface area contributed by atoms with Crippen LogP contribution in [0.5, 0.6) is 0 Å². The normalized spacial score (nSPS) is 22.3. The molecular formula is C16H22N2O3. The Morgan fingerprint density at radius 3 is 2.62 bits per heavy atom. The number of piperazine rings is 1. The summed E-state index contributed by atoms with van der Waals surface area (Å²) in [5.41, 5.74) is 1.74. The van der Waals surface area contributed by atoms with Crippen LogP contribution in [0.15, 0.2) is 24.3 Å². The van der Waals surface area contributed by atoms with Crippen molar-refractivity contribution in [2.75, 3.05) is 12.0 Å². The van der Waals surface area contributed by atoms with Crippen molar-refractivity contribution in [1.82, 2.24) is 5.32 Å². The van der Waals surface area contributed by atoms with Gasteiger partial charge < -0.3 is 10.1 Å². The lowest BCUT2D eigenvalue weighted by Gasteiger charge is -2.38. The molecule has 5 heteroatoms. The third-order valence-electron chi connectivity index (χ3n) is 3.76. The van der Waals surface area contributed by atoms with Crippen LogP contribution in [0.1, 0.15) is 32.3 Å². The van der Waals surface area contributed by atoms with E-state index in [0.717, 1.165) is 11.3 Å². The molecule has 114 valence electrons. The number of carbonyl (C=O) groups is 2. The second kappa shape index (κ2) is 6.72. The van der Waals surface area contributed by atoms with Gasteiger partial charge in [-0.2, -0.15) is 0 Å². The molecule has 2 rings (SSSR count). The minimum atomic E-state index is -0.446. The highest BCUT2D eigenvalue weighted by atomic mass is 16.5. The maximum atomic E-state index is 12.6. The Morgan fingerprint density at radius 1 is 1.24 bits per heavy atom. The summed E-state index contributed by atoms with van der Waals surface area (Å²) in [4.78, 5) is 26.5. The number of hydrogen-bond donors (Lipinski definition) is 1. The number of nitrogens with zero attached hydrogens (tertiary/aromatic N) is 1. The maximum Gasteiger partial charge on any atom is 0.250 e. The van der Waals surface area contributed by atoms with Gasteiger partial charge in [-0.3, -0.25) is 14.5 Å². The molecule has 0 aromatic heterocycles. The molecule has 0 saturated carbocycles. The highest BCUT2D eigenvalue weighted by Crippen LogP contribution is 2.25. The van der Waals surface area contributed by atoms with Crippen LogP contribution in [0.25, 0.3) is 0 Å². The van der Waals surface area contributed by atoms with Gasteiger partial charge in [-0.05, 0) is 30.5 Å². The largest absolute Gasteiger partial charge is 0.380 e. The second-order valence-corrected chi connectivity index (χ2v) is 5.20. The molecule has 1 aliphatic rings. The number of amides is 2. The van der Waals surface area contributed by atoms with Crippen LogP contribution in [-0.4, -0.2) is 31.0 Å². The monoisotopic (exact) mass is 290 g/mol. The van der Waals surface area contributed by atoms with Crippen molar-refractivity contribution >= 4 is 17.5 Å².